The van der Waals surface area contributed by atoms with Crippen LogP contribution in [0.2, 0.25) is 0 Å². The van der Waals surface area contributed by atoms with E-state index in [0.717, 1.165) is 33.4 Å². The van der Waals surface area contributed by atoms with Gasteiger partial charge in [0.05, 0.1) is 17.4 Å². The number of carbonyl (C=O) groups excluding carboxylic acids is 1. The zero-order valence-electron chi connectivity index (χ0n) is 15.7. The fourth-order valence-electron chi connectivity index (χ4n) is 3.83. The maximum absolute atomic E-state index is 12.7. The molecule has 3 aromatic rings. The van der Waals surface area contributed by atoms with E-state index in [-0.39, 0.29) is 17.9 Å². The van der Waals surface area contributed by atoms with E-state index in [4.69, 9.17) is 5.10 Å². The van der Waals surface area contributed by atoms with Crippen molar-refractivity contribution in [2.45, 2.75) is 39.2 Å². The number of nitrogens with one attached hydrogen (secondary N) is 1. The van der Waals surface area contributed by atoms with Crippen molar-refractivity contribution < 1.29 is 4.79 Å². The highest BCUT2D eigenvalue weighted by Crippen LogP contribution is 2.38. The smallest absolute Gasteiger partial charge is 0.272 e. The number of hydrogen-bond acceptors (Lipinski definition) is 2. The summed E-state index contributed by atoms with van der Waals surface area (Å²) in [6, 6.07) is 16.2. The minimum atomic E-state index is -0.166. The van der Waals surface area contributed by atoms with Gasteiger partial charge in [-0.15, -0.1) is 0 Å². The van der Waals surface area contributed by atoms with Crippen molar-refractivity contribution in [3.05, 3.63) is 81.1 Å². The van der Waals surface area contributed by atoms with Gasteiger partial charge >= 0.3 is 0 Å². The third-order valence-electron chi connectivity index (χ3n) is 5.09. The molecule has 0 saturated heterocycles. The highest BCUT2D eigenvalue weighted by molar-refractivity contribution is 9.10. The van der Waals surface area contributed by atoms with E-state index in [1.165, 1.54) is 5.56 Å². The second kappa shape index (κ2) is 6.97. The first-order valence-corrected chi connectivity index (χ1v) is 10.1. The Morgan fingerprint density at radius 1 is 1.15 bits per heavy atom. The van der Waals surface area contributed by atoms with Crippen LogP contribution in [0.4, 0.5) is 0 Å². The molecule has 2 heterocycles. The molecule has 5 heteroatoms. The Labute approximate surface area is 167 Å². The predicted molar refractivity (Wildman–Crippen MR) is 110 cm³/mol. The van der Waals surface area contributed by atoms with Gasteiger partial charge in [0, 0.05) is 10.0 Å². The fraction of sp³-hybridized carbons (Fsp3) is 0.273. The van der Waals surface area contributed by atoms with Gasteiger partial charge in [0.2, 0.25) is 0 Å². The second-order valence-corrected chi connectivity index (χ2v) is 8.07. The molecule has 2 aromatic carbocycles. The van der Waals surface area contributed by atoms with Crippen LogP contribution in [0.25, 0.3) is 5.69 Å². The Morgan fingerprint density at radius 3 is 2.52 bits per heavy atom. The molecule has 27 heavy (non-hydrogen) atoms. The number of aryl methyl sites for hydroxylation is 1. The summed E-state index contributed by atoms with van der Waals surface area (Å²) in [4.78, 5) is 12.7. The average Bonchev–Trinajstić information content (AvgIpc) is 3.20. The van der Waals surface area contributed by atoms with Crippen LogP contribution >= 0.6 is 15.9 Å². The number of fused-ring (bicyclic) bond motifs is 1. The highest BCUT2D eigenvalue weighted by Gasteiger charge is 2.38. The molecule has 1 aliphatic rings. The van der Waals surface area contributed by atoms with E-state index < -0.39 is 0 Å². The lowest BCUT2D eigenvalue weighted by Crippen LogP contribution is -2.23. The summed E-state index contributed by atoms with van der Waals surface area (Å²) in [5.41, 5.74) is 5.98. The Kier molecular flexibility index (Phi) is 4.64. The third kappa shape index (κ3) is 3.00. The summed E-state index contributed by atoms with van der Waals surface area (Å²) in [6.07, 6.45) is 0.917. The molecule has 4 rings (SSSR count). The van der Waals surface area contributed by atoms with Gasteiger partial charge in [-0.2, -0.15) is 5.10 Å². The minimum Gasteiger partial charge on any atom is -0.340 e. The van der Waals surface area contributed by atoms with Crippen LogP contribution in [-0.4, -0.2) is 15.7 Å². The molecule has 1 unspecified atom stereocenters. The van der Waals surface area contributed by atoms with Crippen molar-refractivity contribution in [1.29, 1.82) is 0 Å². The largest absolute Gasteiger partial charge is 0.340 e. The van der Waals surface area contributed by atoms with E-state index in [9.17, 15) is 4.79 Å². The molecular formula is C22H22BrN3O. The highest BCUT2D eigenvalue weighted by atomic mass is 79.9. The summed E-state index contributed by atoms with van der Waals surface area (Å²) >= 11 is 3.48. The first-order valence-electron chi connectivity index (χ1n) is 9.28. The number of aromatic nitrogens is 2. The van der Waals surface area contributed by atoms with E-state index >= 15 is 0 Å². The van der Waals surface area contributed by atoms with Gasteiger partial charge in [-0.05, 0) is 41.7 Å². The lowest BCUT2D eigenvalue weighted by Gasteiger charge is -2.19. The number of rotatable bonds is 4. The number of amides is 1. The van der Waals surface area contributed by atoms with Crippen LogP contribution in [0.1, 0.15) is 65.6 Å². The molecule has 1 amide bonds. The van der Waals surface area contributed by atoms with Crippen LogP contribution in [-0.2, 0) is 6.42 Å². The van der Waals surface area contributed by atoms with Crippen LogP contribution in [0.5, 0.6) is 0 Å². The monoisotopic (exact) mass is 423 g/mol. The van der Waals surface area contributed by atoms with Gasteiger partial charge < -0.3 is 5.32 Å². The van der Waals surface area contributed by atoms with Crippen molar-refractivity contribution in [2.24, 2.45) is 0 Å². The molecule has 0 spiro atoms. The SMILES string of the molecule is CCc1ccccc1-n1nc2c(c1C(C)C)C(c1ccc(Br)cc1)NC2=O. The van der Waals surface area contributed by atoms with Gasteiger partial charge in [0.1, 0.15) is 0 Å². The van der Waals surface area contributed by atoms with Crippen LogP contribution in [0.15, 0.2) is 53.0 Å². The van der Waals surface area contributed by atoms with Crippen molar-refractivity contribution in [3.63, 3.8) is 0 Å². The van der Waals surface area contributed by atoms with E-state index in [1.54, 1.807) is 0 Å². The quantitative estimate of drug-likeness (QED) is 0.630. The van der Waals surface area contributed by atoms with Crippen LogP contribution < -0.4 is 5.32 Å². The zero-order valence-corrected chi connectivity index (χ0v) is 17.2. The summed E-state index contributed by atoms with van der Waals surface area (Å²) < 4.78 is 3.01. The van der Waals surface area contributed by atoms with Gasteiger partial charge in [-0.1, -0.05) is 67.0 Å². The molecule has 1 aromatic heterocycles. The van der Waals surface area contributed by atoms with Crippen LogP contribution in [0, 0.1) is 0 Å². The van der Waals surface area contributed by atoms with Crippen molar-refractivity contribution in [1.82, 2.24) is 15.1 Å². The molecule has 138 valence electrons. The molecule has 1 atom stereocenters. The lowest BCUT2D eigenvalue weighted by atomic mass is 9.95. The molecule has 0 aliphatic carbocycles. The second-order valence-electron chi connectivity index (χ2n) is 7.15. The van der Waals surface area contributed by atoms with Crippen molar-refractivity contribution >= 4 is 21.8 Å². The van der Waals surface area contributed by atoms with Crippen molar-refractivity contribution in [2.75, 3.05) is 0 Å². The standard InChI is InChI=1S/C22H22BrN3O/c1-4-14-7-5-6-8-17(14)26-21(13(2)3)18-19(24-22(27)20(18)25-26)15-9-11-16(23)12-10-15/h5-13,19H,4H2,1-3H3,(H,24,27). The lowest BCUT2D eigenvalue weighted by molar-refractivity contribution is 0.0955. The number of carbonyl (C=O) groups is 1. The van der Waals surface area contributed by atoms with Gasteiger partial charge in [0.15, 0.2) is 5.69 Å². The number of halogens is 1. The topological polar surface area (TPSA) is 46.9 Å². The van der Waals surface area contributed by atoms with Crippen LogP contribution in [0.3, 0.4) is 0 Å². The Morgan fingerprint density at radius 2 is 1.85 bits per heavy atom. The molecule has 4 nitrogen and oxygen atoms in total. The van der Waals surface area contributed by atoms with E-state index in [0.29, 0.717) is 5.69 Å². The molecule has 1 aliphatic heterocycles. The predicted octanol–water partition coefficient (Wildman–Crippen LogP) is 5.15. The molecule has 0 radical (unpaired) electrons. The third-order valence-corrected chi connectivity index (χ3v) is 5.62. The summed E-state index contributed by atoms with van der Waals surface area (Å²) in [5.74, 6) is 0.129. The summed E-state index contributed by atoms with van der Waals surface area (Å²) in [6.45, 7) is 6.45. The minimum absolute atomic E-state index is 0.104. The first-order chi connectivity index (χ1) is 13.0. The average molecular weight is 424 g/mol. The Bertz CT molecular complexity index is 1000. The number of benzene rings is 2. The Balaban J connectivity index is 1.93. The van der Waals surface area contributed by atoms with Gasteiger partial charge in [0.25, 0.3) is 5.91 Å². The summed E-state index contributed by atoms with van der Waals surface area (Å²) in [5, 5.41) is 7.87. The van der Waals surface area contributed by atoms with E-state index in [1.807, 2.05) is 41.1 Å². The number of hydrogen-bond donors (Lipinski definition) is 1. The maximum Gasteiger partial charge on any atom is 0.272 e. The molecule has 0 bridgehead atoms. The number of nitrogens with zero attached hydrogens (tertiary/aromatic N) is 2. The normalized spacial score (nSPS) is 15.9. The zero-order chi connectivity index (χ0) is 19.1. The van der Waals surface area contributed by atoms with Crippen molar-refractivity contribution in [3.8, 4) is 5.69 Å². The Hall–Kier alpha value is -2.40. The first kappa shape index (κ1) is 18.0. The molecular weight excluding hydrogens is 402 g/mol. The fourth-order valence-corrected chi connectivity index (χ4v) is 4.09. The molecule has 1 N–H and O–H groups in total. The maximum atomic E-state index is 12.7. The van der Waals surface area contributed by atoms with Gasteiger partial charge in [-0.25, -0.2) is 4.68 Å². The number of para-hydroxylation sites is 1. The van der Waals surface area contributed by atoms with E-state index in [2.05, 4.69) is 54.2 Å². The molecule has 0 fully saturated rings. The summed E-state index contributed by atoms with van der Waals surface area (Å²) in [7, 11) is 0. The van der Waals surface area contributed by atoms with Gasteiger partial charge in [-0.3, -0.25) is 4.79 Å². The molecule has 0 saturated carbocycles.